The summed E-state index contributed by atoms with van der Waals surface area (Å²) in [6.07, 6.45) is -4.47. The second kappa shape index (κ2) is 5.50. The summed E-state index contributed by atoms with van der Waals surface area (Å²) in [5.41, 5.74) is -1.47. The second-order valence-corrected chi connectivity index (χ2v) is 3.99. The lowest BCUT2D eigenvalue weighted by Gasteiger charge is -2.31. The lowest BCUT2D eigenvalue weighted by molar-refractivity contribution is -0.196. The molecule has 6 heteroatoms. The molecule has 0 fully saturated rings. The van der Waals surface area contributed by atoms with E-state index >= 15 is 0 Å². The summed E-state index contributed by atoms with van der Waals surface area (Å²) in [7, 11) is 0. The standard InChI is InChI=1S/C10H16F4O2/c1-4-9(5-11,7(2)3)8(15)16-6-10(12,13)14/h7H,4-6H2,1-3H3. The fourth-order valence-corrected chi connectivity index (χ4v) is 1.38. The highest BCUT2D eigenvalue weighted by Crippen LogP contribution is 2.34. The summed E-state index contributed by atoms with van der Waals surface area (Å²) in [5.74, 6) is -1.53. The number of ether oxygens (including phenoxy) is 1. The Morgan fingerprint density at radius 3 is 2.06 bits per heavy atom. The van der Waals surface area contributed by atoms with Gasteiger partial charge >= 0.3 is 12.1 Å². The van der Waals surface area contributed by atoms with E-state index in [1.165, 1.54) is 0 Å². The monoisotopic (exact) mass is 244 g/mol. The third-order valence-corrected chi connectivity index (χ3v) is 2.75. The summed E-state index contributed by atoms with van der Waals surface area (Å²) >= 11 is 0. The average molecular weight is 244 g/mol. The Hall–Kier alpha value is -0.810. The van der Waals surface area contributed by atoms with Crippen molar-refractivity contribution in [3.8, 4) is 0 Å². The molecule has 0 rings (SSSR count). The Kier molecular flexibility index (Phi) is 5.22. The van der Waals surface area contributed by atoms with Gasteiger partial charge in [-0.2, -0.15) is 13.2 Å². The van der Waals surface area contributed by atoms with Gasteiger partial charge in [-0.15, -0.1) is 0 Å². The van der Waals surface area contributed by atoms with E-state index in [2.05, 4.69) is 4.74 Å². The highest BCUT2D eigenvalue weighted by Gasteiger charge is 2.43. The zero-order chi connectivity index (χ0) is 13.0. The molecule has 0 N–H and O–H groups in total. The van der Waals surface area contributed by atoms with Crippen LogP contribution in [0.15, 0.2) is 0 Å². The highest BCUT2D eigenvalue weighted by molar-refractivity contribution is 5.77. The van der Waals surface area contributed by atoms with E-state index in [-0.39, 0.29) is 6.42 Å². The Morgan fingerprint density at radius 2 is 1.81 bits per heavy atom. The number of carbonyl (C=O) groups excluding carboxylic acids is 1. The summed E-state index contributed by atoms with van der Waals surface area (Å²) in [6, 6.07) is 0. The minimum absolute atomic E-state index is 0.109. The SMILES string of the molecule is CCC(CF)(C(=O)OCC(F)(F)F)C(C)C. The van der Waals surface area contributed by atoms with Crippen molar-refractivity contribution in [2.24, 2.45) is 11.3 Å². The molecule has 16 heavy (non-hydrogen) atoms. The van der Waals surface area contributed by atoms with Crippen molar-refractivity contribution < 1.29 is 27.1 Å². The third-order valence-electron chi connectivity index (χ3n) is 2.75. The quantitative estimate of drug-likeness (QED) is 0.548. The van der Waals surface area contributed by atoms with Crippen molar-refractivity contribution in [3.05, 3.63) is 0 Å². The summed E-state index contributed by atoms with van der Waals surface area (Å²) in [4.78, 5) is 11.5. The van der Waals surface area contributed by atoms with Gasteiger partial charge in [-0.25, -0.2) is 4.39 Å². The molecule has 0 amide bonds. The predicted molar refractivity (Wildman–Crippen MR) is 50.6 cm³/mol. The fraction of sp³-hybridized carbons (Fsp3) is 0.900. The zero-order valence-electron chi connectivity index (χ0n) is 9.53. The van der Waals surface area contributed by atoms with Gasteiger partial charge in [-0.3, -0.25) is 4.79 Å². The highest BCUT2D eigenvalue weighted by atomic mass is 19.4. The summed E-state index contributed by atoms with van der Waals surface area (Å²) < 4.78 is 52.5. The predicted octanol–water partition coefficient (Wildman–Crippen LogP) is 3.11. The molecular formula is C10H16F4O2. The Balaban J connectivity index is 4.64. The van der Waals surface area contributed by atoms with Gasteiger partial charge in [0.1, 0.15) is 6.67 Å². The van der Waals surface area contributed by atoms with Crippen molar-refractivity contribution in [2.75, 3.05) is 13.3 Å². The van der Waals surface area contributed by atoms with Crippen molar-refractivity contribution >= 4 is 5.97 Å². The molecule has 0 spiro atoms. The van der Waals surface area contributed by atoms with Gasteiger partial charge in [0.2, 0.25) is 0 Å². The number of hydrogen-bond donors (Lipinski definition) is 0. The smallest absolute Gasteiger partial charge is 0.422 e. The van der Waals surface area contributed by atoms with Crippen LogP contribution >= 0.6 is 0 Å². The zero-order valence-corrected chi connectivity index (χ0v) is 9.53. The van der Waals surface area contributed by atoms with Crippen LogP contribution in [-0.4, -0.2) is 25.4 Å². The van der Waals surface area contributed by atoms with Gasteiger partial charge in [0.05, 0.1) is 5.41 Å². The number of rotatable bonds is 5. The first-order valence-electron chi connectivity index (χ1n) is 4.99. The number of hydrogen-bond acceptors (Lipinski definition) is 2. The van der Waals surface area contributed by atoms with E-state index in [1.807, 2.05) is 0 Å². The van der Waals surface area contributed by atoms with Crippen LogP contribution in [0.3, 0.4) is 0 Å². The van der Waals surface area contributed by atoms with Crippen LogP contribution in [0.1, 0.15) is 27.2 Å². The van der Waals surface area contributed by atoms with E-state index in [4.69, 9.17) is 0 Å². The molecule has 1 atom stereocenters. The molecule has 0 aromatic carbocycles. The van der Waals surface area contributed by atoms with E-state index in [0.717, 1.165) is 0 Å². The largest absolute Gasteiger partial charge is 0.456 e. The van der Waals surface area contributed by atoms with Crippen LogP contribution in [0.5, 0.6) is 0 Å². The molecule has 0 aliphatic carbocycles. The maximum absolute atomic E-state index is 12.9. The van der Waals surface area contributed by atoms with Crippen LogP contribution in [0.2, 0.25) is 0 Å². The van der Waals surface area contributed by atoms with Gasteiger partial charge in [-0.1, -0.05) is 20.8 Å². The molecule has 0 aliphatic heterocycles. The molecule has 0 aromatic rings. The average Bonchev–Trinajstić information content (AvgIpc) is 2.16. The van der Waals surface area contributed by atoms with Crippen LogP contribution in [0, 0.1) is 11.3 Å². The third kappa shape index (κ3) is 3.64. The van der Waals surface area contributed by atoms with Crippen LogP contribution in [0.25, 0.3) is 0 Å². The number of halogens is 4. The van der Waals surface area contributed by atoms with E-state index < -0.39 is 36.8 Å². The molecular weight excluding hydrogens is 228 g/mol. The summed E-state index contributed by atoms with van der Waals surface area (Å²) in [5, 5.41) is 0. The molecule has 0 saturated heterocycles. The van der Waals surface area contributed by atoms with Crippen LogP contribution in [-0.2, 0) is 9.53 Å². The minimum atomic E-state index is -4.58. The number of esters is 1. The van der Waals surface area contributed by atoms with Crippen LogP contribution < -0.4 is 0 Å². The number of alkyl halides is 4. The molecule has 2 nitrogen and oxygen atoms in total. The molecule has 0 aliphatic rings. The molecule has 0 radical (unpaired) electrons. The molecule has 96 valence electrons. The number of carbonyl (C=O) groups is 1. The normalized spacial score (nSPS) is 16.0. The summed E-state index contributed by atoms with van der Waals surface area (Å²) in [6.45, 7) is 2.03. The topological polar surface area (TPSA) is 26.3 Å². The first kappa shape index (κ1) is 15.2. The van der Waals surface area contributed by atoms with Crippen LogP contribution in [0.4, 0.5) is 17.6 Å². The van der Waals surface area contributed by atoms with Crippen molar-refractivity contribution in [2.45, 2.75) is 33.4 Å². The Labute approximate surface area is 92.0 Å². The second-order valence-electron chi connectivity index (χ2n) is 3.99. The van der Waals surface area contributed by atoms with Crippen molar-refractivity contribution in [1.29, 1.82) is 0 Å². The maximum atomic E-state index is 12.9. The molecule has 1 unspecified atom stereocenters. The minimum Gasteiger partial charge on any atom is -0.456 e. The van der Waals surface area contributed by atoms with Gasteiger partial charge in [-0.05, 0) is 12.3 Å². The fourth-order valence-electron chi connectivity index (χ4n) is 1.38. The van der Waals surface area contributed by atoms with Crippen molar-refractivity contribution in [3.63, 3.8) is 0 Å². The van der Waals surface area contributed by atoms with E-state index in [1.54, 1.807) is 20.8 Å². The van der Waals surface area contributed by atoms with Gasteiger partial charge < -0.3 is 4.74 Å². The first-order valence-corrected chi connectivity index (χ1v) is 4.99. The van der Waals surface area contributed by atoms with Gasteiger partial charge in [0, 0.05) is 0 Å². The molecule has 0 heterocycles. The van der Waals surface area contributed by atoms with Gasteiger partial charge in [0.15, 0.2) is 6.61 Å². The lowest BCUT2D eigenvalue weighted by Crippen LogP contribution is -2.40. The van der Waals surface area contributed by atoms with E-state index in [9.17, 15) is 22.4 Å². The molecule has 0 saturated carbocycles. The Bertz CT molecular complexity index is 231. The lowest BCUT2D eigenvalue weighted by atomic mass is 9.76. The van der Waals surface area contributed by atoms with Gasteiger partial charge in [0.25, 0.3) is 0 Å². The van der Waals surface area contributed by atoms with E-state index in [0.29, 0.717) is 0 Å². The first-order chi connectivity index (χ1) is 7.19. The molecule has 0 aromatic heterocycles. The maximum Gasteiger partial charge on any atom is 0.422 e. The molecule has 0 bridgehead atoms. The van der Waals surface area contributed by atoms with Crippen molar-refractivity contribution in [1.82, 2.24) is 0 Å². The Morgan fingerprint density at radius 1 is 1.31 bits per heavy atom.